The monoisotopic (exact) mass is 415 g/mol. The predicted octanol–water partition coefficient (Wildman–Crippen LogP) is 2.75. The van der Waals surface area contributed by atoms with Crippen LogP contribution in [0.3, 0.4) is 0 Å². The summed E-state index contributed by atoms with van der Waals surface area (Å²) in [5.41, 5.74) is 0.766. The molecule has 0 radical (unpaired) electrons. The minimum Gasteiger partial charge on any atom is -0.490 e. The van der Waals surface area contributed by atoms with Gasteiger partial charge in [-0.2, -0.15) is 4.99 Å². The maximum Gasteiger partial charge on any atom is 0.300 e. The number of aryl methyl sites for hydroxylation is 1. The fourth-order valence-electron chi connectivity index (χ4n) is 3.16. The zero-order chi connectivity index (χ0) is 21.0. The van der Waals surface area contributed by atoms with E-state index in [4.69, 9.17) is 4.74 Å². The van der Waals surface area contributed by atoms with E-state index in [1.165, 1.54) is 13.1 Å². The molecule has 1 aliphatic rings. The molecule has 7 nitrogen and oxygen atoms in total. The lowest BCUT2D eigenvalue weighted by molar-refractivity contribution is -0.115. The number of amides is 1. The summed E-state index contributed by atoms with van der Waals surface area (Å²) in [7, 11) is -2.52. The third-order valence-corrected chi connectivity index (χ3v) is 6.37. The van der Waals surface area contributed by atoms with E-state index in [0.717, 1.165) is 17.1 Å². The van der Waals surface area contributed by atoms with Crippen molar-refractivity contribution in [1.29, 1.82) is 0 Å². The Labute approximate surface area is 171 Å². The van der Waals surface area contributed by atoms with Gasteiger partial charge < -0.3 is 9.30 Å². The Morgan fingerprint density at radius 1 is 1.07 bits per heavy atom. The highest BCUT2D eigenvalue weighted by atomic mass is 32.2. The fourth-order valence-corrected chi connectivity index (χ4v) is 4.54. The van der Waals surface area contributed by atoms with Crippen LogP contribution in [0.25, 0.3) is 5.76 Å². The van der Waals surface area contributed by atoms with Gasteiger partial charge in [0.25, 0.3) is 15.9 Å². The summed E-state index contributed by atoms with van der Waals surface area (Å²) in [4.78, 5) is 17.5. The number of carbonyl (C=O) groups is 1. The average molecular weight is 416 g/mol. The lowest BCUT2D eigenvalue weighted by atomic mass is 10.1. The second-order valence-corrected chi connectivity index (χ2v) is 8.60. The van der Waals surface area contributed by atoms with Crippen LogP contribution in [0.15, 0.2) is 64.2 Å². The Hall–Kier alpha value is -2.87. The van der Waals surface area contributed by atoms with Crippen molar-refractivity contribution < 1.29 is 17.9 Å². The van der Waals surface area contributed by atoms with Crippen LogP contribution in [0.4, 0.5) is 0 Å². The Morgan fingerprint density at radius 2 is 1.79 bits per heavy atom. The van der Waals surface area contributed by atoms with E-state index in [2.05, 4.69) is 4.99 Å². The lowest BCUT2D eigenvalue weighted by Gasteiger charge is -2.29. The zero-order valence-corrected chi connectivity index (χ0v) is 17.6. The van der Waals surface area contributed by atoms with Crippen LogP contribution in [-0.4, -0.2) is 36.9 Å². The zero-order valence-electron chi connectivity index (χ0n) is 16.8. The van der Waals surface area contributed by atoms with Gasteiger partial charge in [0, 0.05) is 25.4 Å². The molecule has 1 amide bonds. The molecule has 2 heterocycles. The number of aromatic nitrogens is 1. The highest BCUT2D eigenvalue weighted by Crippen LogP contribution is 2.36. The highest BCUT2D eigenvalue weighted by molar-refractivity contribution is 7.89. The minimum absolute atomic E-state index is 0.0796. The van der Waals surface area contributed by atoms with Crippen LogP contribution in [0, 0.1) is 0 Å². The van der Waals surface area contributed by atoms with Crippen molar-refractivity contribution in [3.05, 3.63) is 65.4 Å². The molecule has 3 rings (SSSR count). The molecule has 29 heavy (non-hydrogen) atoms. The van der Waals surface area contributed by atoms with Gasteiger partial charge in [-0.15, -0.1) is 0 Å². The van der Waals surface area contributed by atoms with Gasteiger partial charge in [0.1, 0.15) is 5.49 Å². The van der Waals surface area contributed by atoms with E-state index in [9.17, 15) is 13.2 Å². The third-order valence-electron chi connectivity index (χ3n) is 4.55. The molecule has 154 valence electrons. The molecule has 0 fully saturated rings. The molecular weight excluding hydrogens is 390 g/mol. The normalized spacial score (nSPS) is 16.0. The largest absolute Gasteiger partial charge is 0.490 e. The van der Waals surface area contributed by atoms with E-state index >= 15 is 0 Å². The molecule has 0 unspecified atom stereocenters. The number of hydrogen-bond donors (Lipinski definition) is 0. The lowest BCUT2D eigenvalue weighted by Crippen LogP contribution is -2.36. The molecule has 2 aromatic rings. The first-order chi connectivity index (χ1) is 13.9. The topological polar surface area (TPSA) is 81.0 Å². The third kappa shape index (κ3) is 3.98. The van der Waals surface area contributed by atoms with Crippen LogP contribution in [0.5, 0.6) is 0 Å². The molecule has 0 saturated carbocycles. The van der Waals surface area contributed by atoms with Crippen LogP contribution < -0.4 is 5.49 Å². The number of likely N-dealkylation sites (N-methyl/N-ethyl adjacent to an activating group) is 1. The van der Waals surface area contributed by atoms with E-state index in [1.54, 1.807) is 30.3 Å². The van der Waals surface area contributed by atoms with Crippen molar-refractivity contribution in [2.45, 2.75) is 38.1 Å². The van der Waals surface area contributed by atoms with E-state index in [-0.39, 0.29) is 16.4 Å². The number of sulfonamides is 1. The number of nitrogens with zero attached hydrogens (tertiary/aromatic N) is 3. The summed E-state index contributed by atoms with van der Waals surface area (Å²) in [6.45, 7) is 5.03. The first kappa shape index (κ1) is 20.9. The summed E-state index contributed by atoms with van der Waals surface area (Å²) < 4.78 is 34.7. The van der Waals surface area contributed by atoms with Crippen LogP contribution >= 0.6 is 0 Å². The molecule has 0 bridgehead atoms. The summed E-state index contributed by atoms with van der Waals surface area (Å²) in [5, 5.41) is 0. The van der Waals surface area contributed by atoms with Crippen molar-refractivity contribution in [2.75, 3.05) is 13.7 Å². The maximum absolute atomic E-state index is 13.2. The first-order valence-corrected chi connectivity index (χ1v) is 11.1. The van der Waals surface area contributed by atoms with Crippen molar-refractivity contribution in [1.82, 2.24) is 8.87 Å². The molecule has 1 aromatic heterocycles. The average Bonchev–Trinajstić information content (AvgIpc) is 2.71. The molecule has 0 saturated heterocycles. The molecule has 8 heteroatoms. The molecule has 0 N–H and O–H groups in total. The van der Waals surface area contributed by atoms with Gasteiger partial charge in [0.15, 0.2) is 11.5 Å². The molecular formula is C21H25N3O4S. The number of pyridine rings is 1. The van der Waals surface area contributed by atoms with E-state index in [1.807, 2.05) is 30.7 Å². The Kier molecular flexibility index (Phi) is 6.22. The smallest absolute Gasteiger partial charge is 0.300 e. The quantitative estimate of drug-likeness (QED) is 0.727. The molecule has 0 aliphatic carbocycles. The number of fused-ring (bicyclic) bond motifs is 1. The standard InChI is InChI=1S/C21H25N3O4S/c1-4-13-24-14-9-8-12-18(24)22-21(25)19-20(28-15-5-2)16-10-6-7-11-17(16)29(26,27)23(19)3/h6-12,14H,4-5,13,15H2,1-3H3. The van der Waals surface area contributed by atoms with Gasteiger partial charge in [-0.05, 0) is 37.1 Å². The fraction of sp³-hybridized carbons (Fsp3) is 0.333. The van der Waals surface area contributed by atoms with Gasteiger partial charge in [0.2, 0.25) is 0 Å². The highest BCUT2D eigenvalue weighted by Gasteiger charge is 2.38. The molecule has 0 spiro atoms. The Balaban J connectivity index is 2.22. The first-order valence-electron chi connectivity index (χ1n) is 9.61. The predicted molar refractivity (Wildman–Crippen MR) is 110 cm³/mol. The number of benzene rings is 1. The maximum atomic E-state index is 13.2. The van der Waals surface area contributed by atoms with Crippen molar-refractivity contribution >= 4 is 21.7 Å². The minimum atomic E-state index is -3.88. The SMILES string of the molecule is CCCOC1=C(C(=O)N=c2ccccn2CCC)N(C)S(=O)(=O)c2ccccc21. The van der Waals surface area contributed by atoms with Gasteiger partial charge in [-0.3, -0.25) is 9.10 Å². The van der Waals surface area contributed by atoms with E-state index < -0.39 is 15.9 Å². The second kappa shape index (κ2) is 8.65. The van der Waals surface area contributed by atoms with Crippen LogP contribution in [0.2, 0.25) is 0 Å². The van der Waals surface area contributed by atoms with Crippen LogP contribution in [0.1, 0.15) is 32.3 Å². The number of hydrogen-bond acceptors (Lipinski definition) is 4. The van der Waals surface area contributed by atoms with Crippen molar-refractivity contribution in [3.8, 4) is 0 Å². The van der Waals surface area contributed by atoms with Crippen molar-refractivity contribution in [2.24, 2.45) is 4.99 Å². The molecule has 0 atom stereocenters. The summed E-state index contributed by atoms with van der Waals surface area (Å²) in [6.07, 6.45) is 3.44. The molecule has 1 aliphatic heterocycles. The summed E-state index contributed by atoms with van der Waals surface area (Å²) >= 11 is 0. The van der Waals surface area contributed by atoms with Gasteiger partial charge >= 0.3 is 0 Å². The van der Waals surface area contributed by atoms with Gasteiger partial charge in [-0.1, -0.05) is 32.0 Å². The number of carbonyl (C=O) groups excluding carboxylic acids is 1. The van der Waals surface area contributed by atoms with Crippen LogP contribution in [-0.2, 0) is 26.1 Å². The molecule has 1 aromatic carbocycles. The van der Waals surface area contributed by atoms with Gasteiger partial charge in [0.05, 0.1) is 11.5 Å². The van der Waals surface area contributed by atoms with Gasteiger partial charge in [-0.25, -0.2) is 8.42 Å². The Bertz CT molecular complexity index is 1120. The Morgan fingerprint density at radius 3 is 2.52 bits per heavy atom. The second-order valence-electron chi connectivity index (χ2n) is 6.66. The number of ether oxygens (including phenoxy) is 1. The van der Waals surface area contributed by atoms with E-state index in [0.29, 0.717) is 24.2 Å². The van der Waals surface area contributed by atoms with Crippen molar-refractivity contribution in [3.63, 3.8) is 0 Å². The summed E-state index contributed by atoms with van der Waals surface area (Å²) in [5.74, 6) is -0.417. The summed E-state index contributed by atoms with van der Waals surface area (Å²) in [6, 6.07) is 11.9. The number of rotatable bonds is 6.